The molecule has 15 heteroatoms. The van der Waals surface area contributed by atoms with Crippen molar-refractivity contribution >= 4 is 20.8 Å². The molecule has 0 aliphatic carbocycles. The van der Waals surface area contributed by atoms with E-state index in [1.165, 1.54) is 0 Å². The van der Waals surface area contributed by atoms with E-state index in [1.54, 1.807) is 0 Å². The van der Waals surface area contributed by atoms with Gasteiger partial charge in [0.2, 0.25) is 6.29 Å². The molecule has 17 heavy (non-hydrogen) atoms. The molecule has 0 atom stereocenters. The number of aliphatic hydroxyl groups is 4. The molecule has 0 amide bonds. The molecule has 0 saturated carbocycles. The fourth-order valence-corrected chi connectivity index (χ4v) is 1.65. The van der Waals surface area contributed by atoms with Crippen molar-refractivity contribution in [2.24, 2.45) is 0 Å². The minimum atomic E-state index is -5.60. The molecule has 0 aromatic heterocycles. The van der Waals surface area contributed by atoms with Gasteiger partial charge in [0.1, 0.15) is 0 Å². The molecule has 0 unspecified atom stereocenters. The van der Waals surface area contributed by atoms with Crippen LogP contribution in [0.1, 0.15) is 2.85 Å². The van der Waals surface area contributed by atoms with Crippen molar-refractivity contribution in [2.75, 3.05) is 0 Å². The van der Waals surface area contributed by atoms with Crippen molar-refractivity contribution in [1.82, 2.24) is 0 Å². The van der Waals surface area contributed by atoms with Gasteiger partial charge in [0.15, 0.2) is 0 Å². The number of hydrogen-bond donors (Lipinski definition) is 5. The predicted octanol–water partition coefficient (Wildman–Crippen LogP) is -9.75. The summed E-state index contributed by atoms with van der Waals surface area (Å²) >= 11 is 0. The van der Waals surface area contributed by atoms with E-state index in [2.05, 4.69) is 7.81 Å². The Morgan fingerprint density at radius 3 is 1.65 bits per heavy atom. The van der Waals surface area contributed by atoms with Gasteiger partial charge in [-0.15, -0.1) is 3.63 Å². The first kappa shape index (κ1) is 23.7. The van der Waals surface area contributed by atoms with Crippen molar-refractivity contribution in [3.8, 4) is 0 Å². The number of rotatable bonds is 5. The Labute approximate surface area is 143 Å². The summed E-state index contributed by atoms with van der Waals surface area (Å²) in [5.74, 6) is -4.02. The van der Waals surface area contributed by atoms with Gasteiger partial charge in [-0.1, -0.05) is 0 Å². The molecule has 11 nitrogen and oxygen atoms in total. The summed E-state index contributed by atoms with van der Waals surface area (Å²) in [4.78, 5) is 0. The maximum absolute atomic E-state index is 10.4. The van der Waals surface area contributed by atoms with E-state index >= 15 is 0 Å². The molecular formula is C2H8Na2O11S2. The van der Waals surface area contributed by atoms with Gasteiger partial charge < -0.3 is 23.3 Å². The summed E-state index contributed by atoms with van der Waals surface area (Å²) in [5, 5.41) is 33.1. The molecular weight excluding hydrogens is 310 g/mol. The van der Waals surface area contributed by atoms with Crippen LogP contribution in [0, 0.1) is 0 Å². The molecule has 0 aromatic rings. The fraction of sp³-hybridized carbons (Fsp3) is 1.00. The van der Waals surface area contributed by atoms with Crippen molar-refractivity contribution in [3.63, 3.8) is 0 Å². The van der Waals surface area contributed by atoms with E-state index in [1.807, 2.05) is 0 Å². The van der Waals surface area contributed by atoms with Crippen LogP contribution in [0.4, 0.5) is 0 Å². The maximum Gasteiger partial charge on any atom is 1.00 e. The Bertz CT molecular complexity index is 416. The van der Waals surface area contributed by atoms with Gasteiger partial charge in [-0.2, -0.15) is 21.0 Å². The zero-order valence-corrected chi connectivity index (χ0v) is 14.2. The molecule has 0 saturated heterocycles. The summed E-state index contributed by atoms with van der Waals surface area (Å²) < 4.78 is 54.5. The number of hydrogen-bond acceptors (Lipinski definition) is 10. The van der Waals surface area contributed by atoms with Crippen LogP contribution in [-0.2, 0) is 28.6 Å². The zero-order chi connectivity index (χ0) is 12.5. The van der Waals surface area contributed by atoms with Crippen LogP contribution in [0.2, 0.25) is 0 Å². The molecule has 0 heterocycles. The van der Waals surface area contributed by atoms with Gasteiger partial charge in [0.05, 0.1) is 0 Å². The van der Waals surface area contributed by atoms with Crippen LogP contribution >= 0.6 is 0 Å². The summed E-state index contributed by atoms with van der Waals surface area (Å²) in [5.41, 5.74) is 0. The van der Waals surface area contributed by atoms with Gasteiger partial charge in [0.25, 0.3) is 0 Å². The summed E-state index contributed by atoms with van der Waals surface area (Å²) in [6.07, 6.45) is -3.09. The SMILES string of the molecule is O=S(=O)(O)OS(=O)(=O)OC(O)(O)C(O)O.[H-].[H-].[Na+].[Na+]. The average Bonchev–Trinajstić information content (AvgIpc) is 1.75. The third kappa shape index (κ3) is 11.2. The molecule has 5 N–H and O–H groups in total. The normalized spacial score (nSPS) is 12.8. The minimum absolute atomic E-state index is 0. The molecule has 96 valence electrons. The third-order valence-corrected chi connectivity index (χ3v) is 2.53. The van der Waals surface area contributed by atoms with E-state index < -0.39 is 33.1 Å². The monoisotopic (exact) mass is 318 g/mol. The Hall–Kier alpha value is 1.62. The predicted molar refractivity (Wildman–Crippen MR) is 40.3 cm³/mol. The Kier molecular flexibility index (Phi) is 11.2. The largest absolute Gasteiger partial charge is 1.00 e. The van der Waals surface area contributed by atoms with Crippen LogP contribution in [0.5, 0.6) is 0 Å². The Morgan fingerprint density at radius 1 is 1.06 bits per heavy atom. The second-order valence-electron chi connectivity index (χ2n) is 2.02. The molecule has 0 aliphatic heterocycles. The van der Waals surface area contributed by atoms with E-state index in [-0.39, 0.29) is 62.0 Å². The van der Waals surface area contributed by atoms with Crippen molar-refractivity contribution in [3.05, 3.63) is 0 Å². The smallest absolute Gasteiger partial charge is 1.00 e. The van der Waals surface area contributed by atoms with E-state index in [0.29, 0.717) is 0 Å². The molecule has 0 aromatic carbocycles. The van der Waals surface area contributed by atoms with E-state index in [9.17, 15) is 16.8 Å². The van der Waals surface area contributed by atoms with Gasteiger partial charge in [0, 0.05) is 0 Å². The topological polar surface area (TPSA) is 188 Å². The molecule has 0 spiro atoms. The van der Waals surface area contributed by atoms with E-state index in [4.69, 9.17) is 25.0 Å². The van der Waals surface area contributed by atoms with Crippen molar-refractivity contribution in [2.45, 2.75) is 12.3 Å². The molecule has 0 fully saturated rings. The van der Waals surface area contributed by atoms with Crippen LogP contribution in [0.3, 0.4) is 0 Å². The van der Waals surface area contributed by atoms with Crippen LogP contribution < -0.4 is 59.1 Å². The van der Waals surface area contributed by atoms with Crippen LogP contribution in [0.15, 0.2) is 0 Å². The van der Waals surface area contributed by atoms with Gasteiger partial charge in [-0.3, -0.25) is 4.55 Å². The minimum Gasteiger partial charge on any atom is -1.00 e. The van der Waals surface area contributed by atoms with Crippen molar-refractivity contribution in [1.29, 1.82) is 0 Å². The first-order valence-corrected chi connectivity index (χ1v) is 5.50. The number of aliphatic hydroxyl groups excluding tert-OH is 1. The van der Waals surface area contributed by atoms with Gasteiger partial charge in [-0.25, -0.2) is 0 Å². The Morgan fingerprint density at radius 2 is 1.41 bits per heavy atom. The van der Waals surface area contributed by atoms with Crippen molar-refractivity contribution < 1.29 is 112 Å². The molecule has 0 aliphatic rings. The standard InChI is InChI=1S/C2H6O11S2.2Na.2H/c3-1(4)2(5,6)12-15(10,11)13-14(7,8)9;;;;/h1,3-6H,(H,7,8,9);;;;/q;2*+1;2*-1. The van der Waals surface area contributed by atoms with Crippen LogP contribution in [-0.4, -0.2) is 54.1 Å². The van der Waals surface area contributed by atoms with Crippen LogP contribution in [0.25, 0.3) is 0 Å². The van der Waals surface area contributed by atoms with Gasteiger partial charge >= 0.3 is 85.9 Å². The summed E-state index contributed by atoms with van der Waals surface area (Å²) in [6, 6.07) is 0. The second kappa shape index (κ2) is 8.03. The molecule has 0 bridgehead atoms. The first-order chi connectivity index (χ1) is 6.36. The summed E-state index contributed by atoms with van der Waals surface area (Å²) in [7, 11) is -11.1. The Balaban J connectivity index is -0.000000163. The maximum atomic E-state index is 10.4. The zero-order valence-electron chi connectivity index (χ0n) is 10.6. The summed E-state index contributed by atoms with van der Waals surface area (Å²) in [6.45, 7) is 0. The molecule has 0 radical (unpaired) electrons. The quantitative estimate of drug-likeness (QED) is 0.184. The van der Waals surface area contributed by atoms with E-state index in [0.717, 1.165) is 0 Å². The average molecular weight is 318 g/mol. The third-order valence-electron chi connectivity index (χ3n) is 0.730. The fourth-order valence-electron chi connectivity index (χ4n) is 0.312. The molecule has 0 rings (SSSR count). The van der Waals surface area contributed by atoms with Gasteiger partial charge in [-0.05, 0) is 0 Å². The second-order valence-corrected chi connectivity index (χ2v) is 4.40. The first-order valence-electron chi connectivity index (χ1n) is 2.81.